The van der Waals surface area contributed by atoms with Crippen LogP contribution >= 0.6 is 0 Å². The maximum absolute atomic E-state index is 12.1. The molecule has 0 aliphatic carbocycles. The van der Waals surface area contributed by atoms with Crippen molar-refractivity contribution in [2.45, 2.75) is 13.0 Å². The number of rotatable bonds is 4. The Labute approximate surface area is 122 Å². The Morgan fingerprint density at radius 1 is 1.10 bits per heavy atom. The van der Waals surface area contributed by atoms with Crippen LogP contribution in [0.4, 0.5) is 0 Å². The first-order chi connectivity index (χ1) is 9.97. The molecule has 5 N–H and O–H groups in total. The summed E-state index contributed by atoms with van der Waals surface area (Å²) in [7, 11) is 0. The SMILES string of the molecule is CC(NC(=O)c1ccc([OH2+])cc1)c1cccc(C(N)=O)c1. The molecule has 108 valence electrons. The summed E-state index contributed by atoms with van der Waals surface area (Å²) in [6, 6.07) is 12.9. The highest BCUT2D eigenvalue weighted by atomic mass is 16.3. The first-order valence-electron chi connectivity index (χ1n) is 6.49. The quantitative estimate of drug-likeness (QED) is 0.836. The molecule has 0 radical (unpaired) electrons. The van der Waals surface area contributed by atoms with Crippen LogP contribution in [0.5, 0.6) is 5.75 Å². The molecule has 0 heterocycles. The monoisotopic (exact) mass is 285 g/mol. The van der Waals surface area contributed by atoms with Gasteiger partial charge in [0.05, 0.1) is 6.04 Å². The second kappa shape index (κ2) is 6.09. The molecule has 1 atom stereocenters. The van der Waals surface area contributed by atoms with Crippen molar-refractivity contribution in [3.8, 4) is 5.75 Å². The molecular formula is C16H17N2O3+. The van der Waals surface area contributed by atoms with E-state index < -0.39 is 5.91 Å². The van der Waals surface area contributed by atoms with Gasteiger partial charge in [0.1, 0.15) is 0 Å². The molecule has 0 saturated heterocycles. The molecule has 2 amide bonds. The van der Waals surface area contributed by atoms with Gasteiger partial charge in [0.25, 0.3) is 11.7 Å². The largest absolute Gasteiger partial charge is 0.593 e. The lowest BCUT2D eigenvalue weighted by Gasteiger charge is -2.15. The average Bonchev–Trinajstić information content (AvgIpc) is 2.48. The molecule has 0 spiro atoms. The number of benzene rings is 2. The van der Waals surface area contributed by atoms with Gasteiger partial charge in [-0.15, -0.1) is 0 Å². The van der Waals surface area contributed by atoms with E-state index >= 15 is 0 Å². The van der Waals surface area contributed by atoms with E-state index in [4.69, 9.17) is 10.8 Å². The van der Waals surface area contributed by atoms with E-state index in [0.717, 1.165) is 5.56 Å². The minimum atomic E-state index is -0.499. The first-order valence-corrected chi connectivity index (χ1v) is 6.49. The second-order valence-corrected chi connectivity index (χ2v) is 4.76. The third-order valence-corrected chi connectivity index (χ3v) is 3.17. The zero-order valence-corrected chi connectivity index (χ0v) is 11.6. The number of nitrogens with one attached hydrogen (secondary N) is 1. The number of carbonyl (C=O) groups excluding carboxylic acids is 2. The first kappa shape index (κ1) is 14.6. The normalized spacial score (nSPS) is 11.7. The van der Waals surface area contributed by atoms with Crippen LogP contribution in [0.2, 0.25) is 0 Å². The summed E-state index contributed by atoms with van der Waals surface area (Å²) in [4.78, 5) is 23.3. The van der Waals surface area contributed by atoms with Gasteiger partial charge in [-0.05, 0) is 36.8 Å². The smallest absolute Gasteiger partial charge is 0.253 e. The Balaban J connectivity index is 2.12. The van der Waals surface area contributed by atoms with E-state index in [1.165, 1.54) is 0 Å². The number of hydrogen-bond acceptors (Lipinski definition) is 2. The summed E-state index contributed by atoms with van der Waals surface area (Å²) in [6.45, 7) is 1.83. The number of amides is 2. The van der Waals surface area contributed by atoms with E-state index in [-0.39, 0.29) is 11.9 Å². The summed E-state index contributed by atoms with van der Waals surface area (Å²) in [5.41, 5.74) is 6.95. The summed E-state index contributed by atoms with van der Waals surface area (Å²) in [5.74, 6) is -0.373. The molecule has 0 aliphatic rings. The third-order valence-electron chi connectivity index (χ3n) is 3.17. The van der Waals surface area contributed by atoms with Crippen LogP contribution in [0.25, 0.3) is 0 Å². The van der Waals surface area contributed by atoms with Crippen molar-refractivity contribution in [3.05, 3.63) is 65.2 Å². The van der Waals surface area contributed by atoms with Gasteiger partial charge in [0, 0.05) is 23.3 Å². The van der Waals surface area contributed by atoms with E-state index in [9.17, 15) is 9.59 Å². The van der Waals surface area contributed by atoms with Crippen molar-refractivity contribution in [1.82, 2.24) is 5.32 Å². The van der Waals surface area contributed by atoms with Crippen LogP contribution in [0.3, 0.4) is 0 Å². The van der Waals surface area contributed by atoms with Crippen molar-refractivity contribution >= 4 is 11.8 Å². The predicted octanol–water partition coefficient (Wildman–Crippen LogP) is 1.71. The lowest BCUT2D eigenvalue weighted by molar-refractivity contribution is 0.0939. The van der Waals surface area contributed by atoms with Gasteiger partial charge in [0.15, 0.2) is 0 Å². The van der Waals surface area contributed by atoms with Crippen LogP contribution < -0.4 is 11.1 Å². The van der Waals surface area contributed by atoms with E-state index in [1.54, 1.807) is 42.5 Å². The molecule has 0 saturated carbocycles. The van der Waals surface area contributed by atoms with Crippen LogP contribution in [0, 0.1) is 0 Å². The lowest BCUT2D eigenvalue weighted by atomic mass is 10.0. The van der Waals surface area contributed by atoms with Gasteiger partial charge in [-0.3, -0.25) is 9.59 Å². The van der Waals surface area contributed by atoms with Gasteiger partial charge in [0.2, 0.25) is 5.91 Å². The highest BCUT2D eigenvalue weighted by Crippen LogP contribution is 2.16. The van der Waals surface area contributed by atoms with Crippen molar-refractivity contribution in [2.24, 2.45) is 5.73 Å². The minimum absolute atomic E-state index is 0.230. The van der Waals surface area contributed by atoms with Gasteiger partial charge in [-0.2, -0.15) is 0 Å². The van der Waals surface area contributed by atoms with E-state index in [0.29, 0.717) is 16.9 Å². The summed E-state index contributed by atoms with van der Waals surface area (Å²) < 4.78 is 0. The predicted molar refractivity (Wildman–Crippen MR) is 80.3 cm³/mol. The summed E-state index contributed by atoms with van der Waals surface area (Å²) in [5, 5.41) is 10.2. The van der Waals surface area contributed by atoms with E-state index in [1.807, 2.05) is 13.0 Å². The Hall–Kier alpha value is -2.82. The molecule has 0 aliphatic heterocycles. The van der Waals surface area contributed by atoms with Crippen molar-refractivity contribution in [2.75, 3.05) is 0 Å². The fraction of sp³-hybridized carbons (Fsp3) is 0.125. The Morgan fingerprint density at radius 3 is 2.38 bits per heavy atom. The molecular weight excluding hydrogens is 268 g/mol. The fourth-order valence-electron chi connectivity index (χ4n) is 1.95. The van der Waals surface area contributed by atoms with Crippen molar-refractivity contribution in [3.63, 3.8) is 0 Å². The molecule has 21 heavy (non-hydrogen) atoms. The van der Waals surface area contributed by atoms with E-state index in [2.05, 4.69) is 5.32 Å². The lowest BCUT2D eigenvalue weighted by Crippen LogP contribution is -2.26. The topological polar surface area (TPSA) is 95.1 Å². The van der Waals surface area contributed by atoms with Crippen LogP contribution in [0.15, 0.2) is 48.5 Å². The Morgan fingerprint density at radius 2 is 1.76 bits per heavy atom. The van der Waals surface area contributed by atoms with Gasteiger partial charge < -0.3 is 16.2 Å². The third kappa shape index (κ3) is 3.60. The second-order valence-electron chi connectivity index (χ2n) is 4.76. The van der Waals surface area contributed by atoms with Crippen LogP contribution in [-0.4, -0.2) is 16.9 Å². The molecule has 0 bridgehead atoms. The molecule has 2 aromatic carbocycles. The standard InChI is InChI=1S/C16H16N2O3/c1-10(12-3-2-4-13(9-12)15(17)20)18-16(21)11-5-7-14(19)8-6-11/h2-10,19H,1H3,(H2,17,20)(H,18,21)/p+1. The molecule has 5 heteroatoms. The molecule has 2 rings (SSSR count). The average molecular weight is 285 g/mol. The van der Waals surface area contributed by atoms with Gasteiger partial charge in [-0.1, -0.05) is 12.1 Å². The molecule has 1 unspecified atom stereocenters. The maximum atomic E-state index is 12.1. The summed E-state index contributed by atoms with van der Waals surface area (Å²) in [6.07, 6.45) is 0. The molecule has 2 aromatic rings. The number of primary amides is 1. The number of hydrogen-bond donors (Lipinski definition) is 2. The highest BCUT2D eigenvalue weighted by molar-refractivity contribution is 5.95. The zero-order valence-electron chi connectivity index (χ0n) is 11.6. The number of carbonyl (C=O) groups is 2. The van der Waals surface area contributed by atoms with Crippen LogP contribution in [-0.2, 0) is 0 Å². The summed E-state index contributed by atoms with van der Waals surface area (Å²) >= 11 is 0. The molecule has 5 nitrogen and oxygen atoms in total. The minimum Gasteiger partial charge on any atom is -0.593 e. The highest BCUT2D eigenvalue weighted by Gasteiger charge is 2.13. The van der Waals surface area contributed by atoms with Crippen molar-refractivity contribution in [1.29, 1.82) is 0 Å². The van der Waals surface area contributed by atoms with Crippen LogP contribution in [0.1, 0.15) is 39.2 Å². The maximum Gasteiger partial charge on any atom is 0.253 e. The Kier molecular flexibility index (Phi) is 4.23. The zero-order chi connectivity index (χ0) is 15.4. The fourth-order valence-corrected chi connectivity index (χ4v) is 1.95. The van der Waals surface area contributed by atoms with Gasteiger partial charge >= 0.3 is 0 Å². The van der Waals surface area contributed by atoms with Crippen molar-refractivity contribution < 1.29 is 14.7 Å². The molecule has 0 aromatic heterocycles. The van der Waals surface area contributed by atoms with Gasteiger partial charge in [-0.25, -0.2) is 0 Å². The molecule has 0 fully saturated rings. The number of nitrogens with two attached hydrogens (primary N) is 1. The Bertz CT molecular complexity index is 665.